The Labute approximate surface area is 175 Å². The molecule has 3 heterocycles. The number of nitrogens with one attached hydrogen (secondary N) is 1. The van der Waals surface area contributed by atoms with Gasteiger partial charge >= 0.3 is 0 Å². The molecule has 0 amide bonds. The van der Waals surface area contributed by atoms with E-state index in [4.69, 9.17) is 21.1 Å². The minimum Gasteiger partial charge on any atom is -0.454 e. The first-order chi connectivity index (χ1) is 14.6. The number of aromatic nitrogens is 4. The van der Waals surface area contributed by atoms with Gasteiger partial charge in [0.1, 0.15) is 5.82 Å². The highest BCUT2D eigenvalue weighted by molar-refractivity contribution is 6.31. The van der Waals surface area contributed by atoms with Gasteiger partial charge in [-0.2, -0.15) is 4.52 Å². The first-order valence-corrected chi connectivity index (χ1v) is 9.85. The summed E-state index contributed by atoms with van der Waals surface area (Å²) in [6.45, 7) is 0.240. The smallest absolute Gasteiger partial charge is 0.231 e. The molecule has 1 N–H and O–H groups in total. The van der Waals surface area contributed by atoms with Gasteiger partial charge in [-0.1, -0.05) is 17.7 Å². The van der Waals surface area contributed by atoms with Gasteiger partial charge in [-0.25, -0.2) is 4.39 Å². The summed E-state index contributed by atoms with van der Waals surface area (Å²) in [5.41, 5.74) is 2.14. The van der Waals surface area contributed by atoms with Crippen molar-refractivity contribution in [3.05, 3.63) is 70.8 Å². The minimum absolute atomic E-state index is 0.0470. The second kappa shape index (κ2) is 6.30. The van der Waals surface area contributed by atoms with Crippen LogP contribution in [0.3, 0.4) is 0 Å². The van der Waals surface area contributed by atoms with Gasteiger partial charge in [0.2, 0.25) is 6.79 Å². The van der Waals surface area contributed by atoms with Crippen LogP contribution in [0, 0.1) is 5.82 Å². The van der Waals surface area contributed by atoms with Crippen molar-refractivity contribution in [2.75, 3.05) is 12.1 Å². The average molecular weight is 424 g/mol. The Kier molecular flexibility index (Phi) is 3.67. The van der Waals surface area contributed by atoms with E-state index in [9.17, 15) is 4.39 Å². The Hall–Kier alpha value is -3.39. The van der Waals surface area contributed by atoms with E-state index in [1.54, 1.807) is 16.6 Å². The lowest BCUT2D eigenvalue weighted by Crippen LogP contribution is -2.15. The van der Waals surface area contributed by atoms with Gasteiger partial charge < -0.3 is 14.8 Å². The van der Waals surface area contributed by atoms with Crippen LogP contribution in [0.2, 0.25) is 5.02 Å². The van der Waals surface area contributed by atoms with Gasteiger partial charge in [-0.3, -0.25) is 0 Å². The summed E-state index contributed by atoms with van der Waals surface area (Å²) in [5.74, 6) is 2.38. The van der Waals surface area contributed by atoms with Crippen molar-refractivity contribution in [2.45, 2.75) is 18.3 Å². The third-order valence-corrected chi connectivity index (χ3v) is 5.85. The number of rotatable bonds is 4. The first-order valence-electron chi connectivity index (χ1n) is 9.48. The van der Waals surface area contributed by atoms with Gasteiger partial charge in [-0.05, 0) is 60.9 Å². The summed E-state index contributed by atoms with van der Waals surface area (Å²) < 4.78 is 26.2. The zero-order valence-corrected chi connectivity index (χ0v) is 16.4. The standard InChI is InChI=1S/C21H15ClFN5O2/c22-14-10-13(2-3-15(14)23)24-18-5-6-19-25-26-20(28(19)27-18)21(7-8-21)12-1-4-16-17(9-12)30-11-29-16/h1-6,9-10H,7-8,11H2,(H,24,27). The van der Waals surface area contributed by atoms with Crippen LogP contribution in [-0.4, -0.2) is 26.6 Å². The van der Waals surface area contributed by atoms with E-state index in [-0.39, 0.29) is 17.2 Å². The third-order valence-electron chi connectivity index (χ3n) is 5.56. The number of nitrogens with zero attached hydrogens (tertiary/aromatic N) is 4. The molecule has 0 unspecified atom stereocenters. The van der Waals surface area contributed by atoms with Crippen LogP contribution in [0.25, 0.3) is 5.65 Å². The fourth-order valence-corrected chi connectivity index (χ4v) is 4.02. The number of ether oxygens (including phenoxy) is 2. The summed E-state index contributed by atoms with van der Waals surface area (Å²) in [7, 11) is 0. The topological polar surface area (TPSA) is 73.6 Å². The van der Waals surface area contributed by atoms with Crippen LogP contribution in [0.15, 0.2) is 48.5 Å². The predicted octanol–water partition coefficient (Wildman–Crippen LogP) is 4.47. The molecule has 1 aliphatic carbocycles. The molecule has 0 atom stereocenters. The SMILES string of the molecule is Fc1ccc(Nc2ccc3nnc(C4(c5ccc6c(c5)OCO6)CC4)n3n2)cc1Cl. The Balaban J connectivity index is 1.39. The lowest BCUT2D eigenvalue weighted by Gasteiger charge is -2.14. The monoisotopic (exact) mass is 423 g/mol. The fourth-order valence-electron chi connectivity index (χ4n) is 3.84. The highest BCUT2D eigenvalue weighted by atomic mass is 35.5. The molecule has 2 aliphatic rings. The number of hydrogen-bond acceptors (Lipinski definition) is 6. The number of anilines is 2. The summed E-state index contributed by atoms with van der Waals surface area (Å²) in [6.07, 6.45) is 1.89. The van der Waals surface area contributed by atoms with E-state index in [0.717, 1.165) is 35.7 Å². The Bertz CT molecular complexity index is 1300. The van der Waals surface area contributed by atoms with E-state index < -0.39 is 5.82 Å². The molecular formula is C21H15ClFN5O2. The maximum atomic E-state index is 13.4. The molecule has 2 aromatic carbocycles. The number of fused-ring (bicyclic) bond motifs is 2. The van der Waals surface area contributed by atoms with Crippen molar-refractivity contribution in [2.24, 2.45) is 0 Å². The van der Waals surface area contributed by atoms with E-state index in [0.29, 0.717) is 17.2 Å². The van der Waals surface area contributed by atoms with Crippen LogP contribution in [-0.2, 0) is 5.41 Å². The number of halogens is 2. The lowest BCUT2D eigenvalue weighted by molar-refractivity contribution is 0.174. The lowest BCUT2D eigenvalue weighted by atomic mass is 9.95. The molecule has 1 saturated carbocycles. The van der Waals surface area contributed by atoms with Crippen LogP contribution < -0.4 is 14.8 Å². The number of hydrogen-bond donors (Lipinski definition) is 1. The molecule has 150 valence electrons. The van der Waals surface area contributed by atoms with Crippen LogP contribution in [0.4, 0.5) is 15.9 Å². The van der Waals surface area contributed by atoms with Gasteiger partial charge in [0.05, 0.1) is 10.4 Å². The van der Waals surface area contributed by atoms with Crippen molar-refractivity contribution in [1.29, 1.82) is 0 Å². The summed E-state index contributed by atoms with van der Waals surface area (Å²) in [5, 5.41) is 16.6. The summed E-state index contributed by atoms with van der Waals surface area (Å²) >= 11 is 5.88. The molecular weight excluding hydrogens is 409 g/mol. The largest absolute Gasteiger partial charge is 0.454 e. The quantitative estimate of drug-likeness (QED) is 0.522. The first kappa shape index (κ1) is 17.5. The molecule has 4 aromatic rings. The third kappa shape index (κ3) is 2.68. The highest BCUT2D eigenvalue weighted by Gasteiger charge is 2.50. The van der Waals surface area contributed by atoms with Crippen LogP contribution in [0.1, 0.15) is 24.2 Å². The molecule has 1 aliphatic heterocycles. The van der Waals surface area contributed by atoms with Crippen LogP contribution in [0.5, 0.6) is 11.5 Å². The Morgan fingerprint density at radius 3 is 2.70 bits per heavy atom. The molecule has 0 radical (unpaired) electrons. The molecule has 9 heteroatoms. The molecule has 0 spiro atoms. The van der Waals surface area contributed by atoms with Crippen molar-refractivity contribution in [3.8, 4) is 11.5 Å². The maximum Gasteiger partial charge on any atom is 0.231 e. The van der Waals surface area contributed by atoms with E-state index in [1.165, 1.54) is 12.1 Å². The Morgan fingerprint density at radius 1 is 1.00 bits per heavy atom. The molecule has 1 fully saturated rings. The summed E-state index contributed by atoms with van der Waals surface area (Å²) in [4.78, 5) is 0. The normalized spacial score (nSPS) is 16.1. The van der Waals surface area contributed by atoms with Crippen LogP contribution >= 0.6 is 11.6 Å². The predicted molar refractivity (Wildman–Crippen MR) is 108 cm³/mol. The molecule has 2 aromatic heterocycles. The second-order valence-electron chi connectivity index (χ2n) is 7.42. The number of benzene rings is 2. The maximum absolute atomic E-state index is 13.4. The molecule has 6 rings (SSSR count). The molecule has 0 bridgehead atoms. The van der Waals surface area contributed by atoms with Gasteiger partial charge in [0.15, 0.2) is 28.8 Å². The fraction of sp³-hybridized carbons (Fsp3) is 0.190. The minimum atomic E-state index is -0.467. The Morgan fingerprint density at radius 2 is 1.87 bits per heavy atom. The zero-order valence-electron chi connectivity index (χ0n) is 15.6. The molecule has 7 nitrogen and oxygen atoms in total. The van der Waals surface area contributed by atoms with Crippen molar-refractivity contribution < 1.29 is 13.9 Å². The molecule has 30 heavy (non-hydrogen) atoms. The van der Waals surface area contributed by atoms with Crippen molar-refractivity contribution >= 4 is 28.8 Å². The van der Waals surface area contributed by atoms with Crippen molar-refractivity contribution in [3.63, 3.8) is 0 Å². The van der Waals surface area contributed by atoms with Crippen molar-refractivity contribution in [1.82, 2.24) is 19.8 Å². The van der Waals surface area contributed by atoms with Gasteiger partial charge in [-0.15, -0.1) is 15.3 Å². The highest BCUT2D eigenvalue weighted by Crippen LogP contribution is 2.54. The zero-order chi connectivity index (χ0) is 20.3. The van der Waals surface area contributed by atoms with Gasteiger partial charge in [0, 0.05) is 5.69 Å². The average Bonchev–Trinajstić information content (AvgIpc) is 3.22. The van der Waals surface area contributed by atoms with E-state index in [2.05, 4.69) is 20.6 Å². The van der Waals surface area contributed by atoms with E-state index in [1.807, 2.05) is 24.3 Å². The molecule has 0 saturated heterocycles. The van der Waals surface area contributed by atoms with Gasteiger partial charge in [0.25, 0.3) is 0 Å². The summed E-state index contributed by atoms with van der Waals surface area (Å²) in [6, 6.07) is 14.1. The van der Waals surface area contributed by atoms with E-state index >= 15 is 0 Å². The second-order valence-corrected chi connectivity index (χ2v) is 7.82.